The van der Waals surface area contributed by atoms with Gasteiger partial charge in [-0.2, -0.15) is 8.42 Å². The van der Waals surface area contributed by atoms with Crippen molar-refractivity contribution in [1.29, 1.82) is 0 Å². The molecule has 0 spiro atoms. The third-order valence-corrected chi connectivity index (χ3v) is 2.39. The number of rotatable bonds is 7. The minimum Gasteiger partial charge on any atom is -0.463 e. The molecule has 0 fully saturated rings. The van der Waals surface area contributed by atoms with E-state index in [0.717, 1.165) is 18.4 Å². The maximum atomic E-state index is 11.7. The van der Waals surface area contributed by atoms with E-state index in [-0.39, 0.29) is 12.5 Å². The predicted molar refractivity (Wildman–Crippen MR) is 65.3 cm³/mol. The molecule has 0 amide bonds. The van der Waals surface area contributed by atoms with Gasteiger partial charge < -0.3 is 4.74 Å². The number of esters is 1. The Kier molecular flexibility index (Phi) is 6.79. The number of carbonyl (C=O) groups excluding carboxylic acids is 2. The fraction of sp³-hybridized carbons (Fsp3) is 0.636. The van der Waals surface area contributed by atoms with Crippen LogP contribution in [-0.2, 0) is 28.6 Å². The summed E-state index contributed by atoms with van der Waals surface area (Å²) in [4.78, 5) is 22.7. The van der Waals surface area contributed by atoms with Crippen LogP contribution in [0.4, 0.5) is 0 Å². The SMILES string of the molecule is CCOC(=O)/C=C/C(=O)C(OS(C)(=O)=O)C(C)C. The zero-order valence-corrected chi connectivity index (χ0v) is 11.7. The zero-order valence-electron chi connectivity index (χ0n) is 10.9. The van der Waals surface area contributed by atoms with Crippen molar-refractivity contribution in [3.63, 3.8) is 0 Å². The van der Waals surface area contributed by atoms with Gasteiger partial charge in [0.1, 0.15) is 6.10 Å². The third-order valence-electron chi connectivity index (χ3n) is 1.83. The van der Waals surface area contributed by atoms with Crippen molar-refractivity contribution in [3.05, 3.63) is 12.2 Å². The van der Waals surface area contributed by atoms with Crippen molar-refractivity contribution in [2.45, 2.75) is 26.9 Å². The minimum atomic E-state index is -3.73. The summed E-state index contributed by atoms with van der Waals surface area (Å²) in [5, 5.41) is 0. The topological polar surface area (TPSA) is 86.7 Å². The molecule has 0 heterocycles. The van der Waals surface area contributed by atoms with E-state index in [0.29, 0.717) is 0 Å². The van der Waals surface area contributed by atoms with E-state index in [1.54, 1.807) is 20.8 Å². The van der Waals surface area contributed by atoms with Gasteiger partial charge in [0.05, 0.1) is 12.9 Å². The van der Waals surface area contributed by atoms with Crippen LogP contribution in [0.1, 0.15) is 20.8 Å². The highest BCUT2D eigenvalue weighted by molar-refractivity contribution is 7.86. The molecular weight excluding hydrogens is 260 g/mol. The molecule has 104 valence electrons. The Labute approximate surface area is 107 Å². The van der Waals surface area contributed by atoms with E-state index in [9.17, 15) is 18.0 Å². The zero-order chi connectivity index (χ0) is 14.3. The molecule has 1 unspecified atom stereocenters. The fourth-order valence-electron chi connectivity index (χ4n) is 1.11. The Morgan fingerprint density at radius 2 is 1.78 bits per heavy atom. The van der Waals surface area contributed by atoms with Crippen molar-refractivity contribution in [1.82, 2.24) is 0 Å². The molecule has 0 saturated heterocycles. The lowest BCUT2D eigenvalue weighted by molar-refractivity contribution is -0.137. The second kappa shape index (κ2) is 7.27. The van der Waals surface area contributed by atoms with Crippen LogP contribution >= 0.6 is 0 Å². The van der Waals surface area contributed by atoms with E-state index in [1.165, 1.54) is 0 Å². The van der Waals surface area contributed by atoms with Crippen LogP contribution in [0.5, 0.6) is 0 Å². The molecule has 0 aliphatic carbocycles. The van der Waals surface area contributed by atoms with Gasteiger partial charge in [0.25, 0.3) is 10.1 Å². The maximum Gasteiger partial charge on any atom is 0.330 e. The van der Waals surface area contributed by atoms with Gasteiger partial charge >= 0.3 is 5.97 Å². The molecule has 0 radical (unpaired) electrons. The van der Waals surface area contributed by atoms with Gasteiger partial charge in [-0.3, -0.25) is 8.98 Å². The molecular formula is C11H18O6S. The highest BCUT2D eigenvalue weighted by Gasteiger charge is 2.25. The molecule has 0 N–H and O–H groups in total. The molecule has 0 aliphatic heterocycles. The predicted octanol–water partition coefficient (Wildman–Crippen LogP) is 0.676. The van der Waals surface area contributed by atoms with E-state index < -0.39 is 28.0 Å². The second-order valence-corrected chi connectivity index (χ2v) is 5.55. The molecule has 0 rings (SSSR count). The van der Waals surface area contributed by atoms with Gasteiger partial charge in [-0.15, -0.1) is 0 Å². The number of hydrogen-bond donors (Lipinski definition) is 0. The van der Waals surface area contributed by atoms with Gasteiger partial charge in [0.2, 0.25) is 0 Å². The molecule has 0 saturated carbocycles. The molecule has 7 heteroatoms. The summed E-state index contributed by atoms with van der Waals surface area (Å²) in [5.74, 6) is -1.59. The third kappa shape index (κ3) is 7.18. The number of ketones is 1. The average molecular weight is 278 g/mol. The summed E-state index contributed by atoms with van der Waals surface area (Å²) in [6, 6.07) is 0. The summed E-state index contributed by atoms with van der Waals surface area (Å²) in [7, 11) is -3.73. The number of ether oxygens (including phenoxy) is 1. The first kappa shape index (κ1) is 16.8. The van der Waals surface area contributed by atoms with Gasteiger partial charge in [0.15, 0.2) is 5.78 Å². The lowest BCUT2D eigenvalue weighted by Crippen LogP contribution is -2.30. The molecule has 18 heavy (non-hydrogen) atoms. The standard InChI is InChI=1S/C11H18O6S/c1-5-16-10(13)7-6-9(12)11(8(2)3)17-18(4,14)15/h6-8,11H,5H2,1-4H3/b7-6+. The summed E-state index contributed by atoms with van der Waals surface area (Å²) in [5.41, 5.74) is 0. The average Bonchev–Trinajstić information content (AvgIpc) is 2.21. The first-order chi connectivity index (χ1) is 8.17. The van der Waals surface area contributed by atoms with Crippen molar-refractivity contribution >= 4 is 21.9 Å². The molecule has 0 bridgehead atoms. The van der Waals surface area contributed by atoms with Crippen molar-refractivity contribution in [3.8, 4) is 0 Å². The Hall–Kier alpha value is -1.21. The Bertz CT molecular complexity index is 421. The summed E-state index contributed by atoms with van der Waals surface area (Å²) >= 11 is 0. The van der Waals surface area contributed by atoms with Gasteiger partial charge in [-0.05, 0) is 18.9 Å². The van der Waals surface area contributed by atoms with Crippen LogP contribution < -0.4 is 0 Å². The van der Waals surface area contributed by atoms with Crippen LogP contribution in [0, 0.1) is 5.92 Å². The first-order valence-corrected chi connectivity index (χ1v) is 7.26. The molecule has 6 nitrogen and oxygen atoms in total. The maximum absolute atomic E-state index is 11.7. The van der Waals surface area contributed by atoms with E-state index in [4.69, 9.17) is 0 Å². The molecule has 1 atom stereocenters. The summed E-state index contributed by atoms with van der Waals surface area (Å²) in [6.45, 7) is 5.12. The van der Waals surface area contributed by atoms with Gasteiger partial charge in [-0.25, -0.2) is 4.79 Å². The monoisotopic (exact) mass is 278 g/mol. The van der Waals surface area contributed by atoms with E-state index >= 15 is 0 Å². The lowest BCUT2D eigenvalue weighted by atomic mass is 10.0. The van der Waals surface area contributed by atoms with Crippen LogP contribution in [0.15, 0.2) is 12.2 Å². The first-order valence-electron chi connectivity index (χ1n) is 5.44. The lowest BCUT2D eigenvalue weighted by Gasteiger charge is -2.16. The second-order valence-electron chi connectivity index (χ2n) is 3.95. The van der Waals surface area contributed by atoms with Crippen molar-refractivity contribution in [2.75, 3.05) is 12.9 Å². The van der Waals surface area contributed by atoms with Gasteiger partial charge in [0, 0.05) is 6.08 Å². The molecule has 0 aromatic carbocycles. The molecule has 0 aromatic rings. The smallest absolute Gasteiger partial charge is 0.330 e. The van der Waals surface area contributed by atoms with Crippen molar-refractivity contribution in [2.24, 2.45) is 5.92 Å². The summed E-state index contributed by atoms with van der Waals surface area (Å²) in [6.07, 6.45) is 1.65. The minimum absolute atomic E-state index is 0.199. The fourth-order valence-corrected chi connectivity index (χ4v) is 1.80. The largest absolute Gasteiger partial charge is 0.463 e. The van der Waals surface area contributed by atoms with Crippen molar-refractivity contribution < 1.29 is 26.9 Å². The Morgan fingerprint density at radius 1 is 1.22 bits per heavy atom. The highest BCUT2D eigenvalue weighted by Crippen LogP contribution is 2.11. The highest BCUT2D eigenvalue weighted by atomic mass is 32.2. The van der Waals surface area contributed by atoms with Crippen LogP contribution in [0.2, 0.25) is 0 Å². The number of carbonyl (C=O) groups is 2. The molecule has 0 aliphatic rings. The van der Waals surface area contributed by atoms with E-state index in [2.05, 4.69) is 8.92 Å². The van der Waals surface area contributed by atoms with E-state index in [1.807, 2.05) is 0 Å². The normalized spacial score (nSPS) is 13.8. The Morgan fingerprint density at radius 3 is 2.17 bits per heavy atom. The quantitative estimate of drug-likeness (QED) is 0.386. The van der Waals surface area contributed by atoms with Crippen LogP contribution in [-0.4, -0.2) is 39.1 Å². The van der Waals surface area contributed by atoms with Crippen LogP contribution in [0.3, 0.4) is 0 Å². The van der Waals surface area contributed by atoms with Gasteiger partial charge in [-0.1, -0.05) is 13.8 Å². The Balaban J connectivity index is 4.74. The van der Waals surface area contributed by atoms with Crippen LogP contribution in [0.25, 0.3) is 0 Å². The molecule has 0 aromatic heterocycles. The number of hydrogen-bond acceptors (Lipinski definition) is 6. The summed E-state index contributed by atoms with van der Waals surface area (Å²) < 4.78 is 31.3.